The predicted molar refractivity (Wildman–Crippen MR) is 154 cm³/mol. The molecule has 5 aromatic carbocycles. The van der Waals surface area contributed by atoms with Crippen molar-refractivity contribution in [3.05, 3.63) is 119 Å². The van der Waals surface area contributed by atoms with Gasteiger partial charge < -0.3 is 8.83 Å². The Hall–Kier alpha value is -4.96. The largest absolute Gasteiger partial charge is 0.456 e. The molecule has 1 aliphatic carbocycles. The summed E-state index contributed by atoms with van der Waals surface area (Å²) in [5.74, 6) is -0.0302. The molecular formula is C35H22O4. The summed E-state index contributed by atoms with van der Waals surface area (Å²) < 4.78 is 12.9. The van der Waals surface area contributed by atoms with Crippen LogP contribution >= 0.6 is 0 Å². The van der Waals surface area contributed by atoms with Crippen LogP contribution in [-0.4, -0.2) is 11.6 Å². The van der Waals surface area contributed by atoms with E-state index in [2.05, 4.69) is 6.08 Å². The second-order valence-electron chi connectivity index (χ2n) is 10.2. The van der Waals surface area contributed by atoms with Crippen LogP contribution in [-0.2, 0) is 0 Å². The number of ketones is 2. The van der Waals surface area contributed by atoms with E-state index in [1.165, 1.54) is 0 Å². The zero-order valence-corrected chi connectivity index (χ0v) is 21.0. The van der Waals surface area contributed by atoms with Crippen LogP contribution in [0.25, 0.3) is 55.0 Å². The lowest BCUT2D eigenvalue weighted by Crippen LogP contribution is -2.05. The van der Waals surface area contributed by atoms with Crippen LogP contribution < -0.4 is 0 Å². The number of Topliss-reactive ketones (excluding diaryl/α,β-unsaturated/α-hetero) is 1. The Balaban J connectivity index is 1.42. The number of allylic oxidation sites excluding steroid dienone is 4. The molecule has 39 heavy (non-hydrogen) atoms. The van der Waals surface area contributed by atoms with E-state index in [4.69, 9.17) is 8.83 Å². The summed E-state index contributed by atoms with van der Waals surface area (Å²) in [6, 6.07) is 24.5. The smallest absolute Gasteiger partial charge is 0.193 e. The number of carbonyl (C=O) groups excluding carboxylic acids is 2. The van der Waals surface area contributed by atoms with Gasteiger partial charge in [0.1, 0.15) is 22.3 Å². The summed E-state index contributed by atoms with van der Waals surface area (Å²) in [5.41, 5.74) is 7.25. The molecule has 2 heterocycles. The zero-order valence-electron chi connectivity index (χ0n) is 21.0. The van der Waals surface area contributed by atoms with Crippen molar-refractivity contribution in [1.82, 2.24) is 0 Å². The summed E-state index contributed by atoms with van der Waals surface area (Å²) in [6.07, 6.45) is 8.98. The van der Waals surface area contributed by atoms with Crippen molar-refractivity contribution in [2.75, 3.05) is 0 Å². The molecule has 0 N–H and O–H groups in total. The van der Waals surface area contributed by atoms with Gasteiger partial charge in [0.2, 0.25) is 0 Å². The standard InChI is InChI=1S/C35H22O4/c36-34(20-8-4-1-2-5-9-20)24-14-18-26-30-22(24)12-16-28-32(30)33-29(38-26)17-13-23-25(15-19-27(39-28)31(23)33)35(37)21-10-6-3-7-11-21/h3-4,6-19H,1-2,5H2. The molecule has 0 radical (unpaired) electrons. The van der Waals surface area contributed by atoms with Crippen molar-refractivity contribution in [2.45, 2.75) is 19.3 Å². The third-order valence-electron chi connectivity index (χ3n) is 7.92. The van der Waals surface area contributed by atoms with Crippen LogP contribution in [0.15, 0.2) is 111 Å². The second-order valence-corrected chi connectivity index (χ2v) is 10.2. The lowest BCUT2D eigenvalue weighted by atomic mass is 9.86. The summed E-state index contributed by atoms with van der Waals surface area (Å²) in [5, 5.41) is 3.37. The maximum atomic E-state index is 13.7. The van der Waals surface area contributed by atoms with Gasteiger partial charge in [0.15, 0.2) is 11.6 Å². The molecule has 4 nitrogen and oxygen atoms in total. The van der Waals surface area contributed by atoms with Gasteiger partial charge >= 0.3 is 0 Å². The molecule has 2 aliphatic heterocycles. The molecule has 4 heteroatoms. The Kier molecular flexibility index (Phi) is 4.68. The number of benzene rings is 5. The first-order valence-corrected chi connectivity index (χ1v) is 13.3. The normalized spacial score (nSPS) is 14.1. The van der Waals surface area contributed by atoms with E-state index < -0.39 is 0 Å². The Morgan fingerprint density at radius 1 is 0.590 bits per heavy atom. The van der Waals surface area contributed by atoms with Gasteiger partial charge in [0.25, 0.3) is 0 Å². The zero-order chi connectivity index (χ0) is 26.1. The molecule has 0 unspecified atom stereocenters. The number of rotatable bonds is 4. The average molecular weight is 507 g/mol. The summed E-state index contributed by atoms with van der Waals surface area (Å²) in [6.45, 7) is 0. The van der Waals surface area contributed by atoms with Gasteiger partial charge in [-0.05, 0) is 78.6 Å². The molecule has 0 spiro atoms. The minimum Gasteiger partial charge on any atom is -0.456 e. The topological polar surface area (TPSA) is 60.4 Å². The van der Waals surface area contributed by atoms with Crippen LogP contribution in [0.5, 0.6) is 0 Å². The predicted octanol–water partition coefficient (Wildman–Crippen LogP) is 9.11. The highest BCUT2D eigenvalue weighted by Gasteiger charge is 2.28. The van der Waals surface area contributed by atoms with Crippen molar-refractivity contribution >= 4 is 55.4 Å². The van der Waals surface area contributed by atoms with E-state index in [1.54, 1.807) is 0 Å². The van der Waals surface area contributed by atoms with Crippen molar-refractivity contribution in [3.8, 4) is 11.1 Å². The van der Waals surface area contributed by atoms with E-state index in [0.717, 1.165) is 57.5 Å². The summed E-state index contributed by atoms with van der Waals surface area (Å²) >= 11 is 0. The lowest BCUT2D eigenvalue weighted by Gasteiger charge is -2.21. The van der Waals surface area contributed by atoms with Crippen molar-refractivity contribution in [2.24, 2.45) is 0 Å². The minimum absolute atomic E-state index is 0.0107. The molecule has 8 rings (SSSR count). The molecule has 0 fully saturated rings. The Labute approximate surface area is 223 Å². The maximum Gasteiger partial charge on any atom is 0.193 e. The van der Waals surface area contributed by atoms with E-state index in [9.17, 15) is 9.59 Å². The van der Waals surface area contributed by atoms with Gasteiger partial charge in [-0.15, -0.1) is 0 Å². The molecule has 3 aliphatic rings. The molecular weight excluding hydrogens is 484 g/mol. The number of hydrogen-bond donors (Lipinski definition) is 0. The van der Waals surface area contributed by atoms with Crippen molar-refractivity contribution < 1.29 is 18.4 Å². The lowest BCUT2D eigenvalue weighted by molar-refractivity contribution is 0.103. The number of carbonyl (C=O) groups is 2. The van der Waals surface area contributed by atoms with Crippen molar-refractivity contribution in [3.63, 3.8) is 0 Å². The van der Waals surface area contributed by atoms with Gasteiger partial charge in [0.05, 0.1) is 0 Å². The first kappa shape index (κ1) is 22.1. The average Bonchev–Trinajstić information content (AvgIpc) is 3.28. The highest BCUT2D eigenvalue weighted by atomic mass is 16.3. The van der Waals surface area contributed by atoms with Crippen LogP contribution in [0.3, 0.4) is 0 Å². The van der Waals surface area contributed by atoms with Crippen LogP contribution in [0.1, 0.15) is 45.5 Å². The molecule has 0 saturated carbocycles. The highest BCUT2D eigenvalue weighted by Crippen LogP contribution is 2.49. The van der Waals surface area contributed by atoms with Gasteiger partial charge in [-0.3, -0.25) is 9.59 Å². The summed E-state index contributed by atoms with van der Waals surface area (Å²) in [7, 11) is 0. The fourth-order valence-corrected chi connectivity index (χ4v) is 6.10. The molecule has 0 saturated heterocycles. The minimum atomic E-state index is -0.0409. The first-order valence-electron chi connectivity index (χ1n) is 13.3. The third kappa shape index (κ3) is 3.18. The quantitative estimate of drug-likeness (QED) is 0.136. The fourth-order valence-electron chi connectivity index (χ4n) is 6.10. The van der Waals surface area contributed by atoms with E-state index >= 15 is 0 Å². The van der Waals surface area contributed by atoms with Gasteiger partial charge in [-0.2, -0.15) is 0 Å². The number of hydrogen-bond acceptors (Lipinski definition) is 4. The van der Waals surface area contributed by atoms with Crippen LogP contribution in [0.4, 0.5) is 0 Å². The third-order valence-corrected chi connectivity index (χ3v) is 7.92. The SMILES string of the molecule is O=C(C1=CCCCC=C1)c1ccc2oc3ccc4c(C(=O)c5ccccc5)ccc5oc6ccc1c2c6-c3c54. The second kappa shape index (κ2) is 8.27. The first-order chi connectivity index (χ1) is 19.2. The molecule has 0 atom stereocenters. The monoisotopic (exact) mass is 506 g/mol. The molecule has 186 valence electrons. The molecule has 0 bridgehead atoms. The Morgan fingerprint density at radius 2 is 1.18 bits per heavy atom. The van der Waals surface area contributed by atoms with E-state index in [1.807, 2.05) is 91.0 Å². The van der Waals surface area contributed by atoms with Crippen LogP contribution in [0.2, 0.25) is 0 Å². The maximum absolute atomic E-state index is 13.7. The van der Waals surface area contributed by atoms with Crippen molar-refractivity contribution in [1.29, 1.82) is 0 Å². The highest BCUT2D eigenvalue weighted by molar-refractivity contribution is 6.29. The van der Waals surface area contributed by atoms with Crippen LogP contribution in [0, 0.1) is 0 Å². The fraction of sp³-hybridized carbons (Fsp3) is 0.0857. The molecule has 0 aromatic heterocycles. The van der Waals surface area contributed by atoms with Gasteiger partial charge in [-0.1, -0.05) is 48.6 Å². The van der Waals surface area contributed by atoms with E-state index in [0.29, 0.717) is 39.0 Å². The molecule has 0 amide bonds. The van der Waals surface area contributed by atoms with Gasteiger partial charge in [-0.25, -0.2) is 0 Å². The Morgan fingerprint density at radius 3 is 1.82 bits per heavy atom. The Bertz CT molecular complexity index is 2120. The van der Waals surface area contributed by atoms with E-state index in [-0.39, 0.29) is 11.6 Å². The summed E-state index contributed by atoms with van der Waals surface area (Å²) in [4.78, 5) is 27.2. The molecule has 5 aromatic rings. The van der Waals surface area contributed by atoms with Gasteiger partial charge in [0, 0.05) is 44.2 Å².